The van der Waals surface area contributed by atoms with Gasteiger partial charge in [0.1, 0.15) is 11.4 Å². The van der Waals surface area contributed by atoms with Crippen LogP contribution in [0.5, 0.6) is 5.75 Å². The number of allylic oxidation sites excluding steroid dienone is 1. The molecule has 1 aromatic rings. The van der Waals surface area contributed by atoms with Crippen LogP contribution in [0.4, 0.5) is 5.69 Å². The van der Waals surface area contributed by atoms with E-state index in [1.165, 1.54) is 36.2 Å². The maximum atomic E-state index is 13.1. The molecule has 3 amide bonds. The van der Waals surface area contributed by atoms with Crippen LogP contribution in [0.25, 0.3) is 0 Å². The van der Waals surface area contributed by atoms with E-state index in [-0.39, 0.29) is 23.4 Å². The number of amides is 3. The molecule has 2 heterocycles. The summed E-state index contributed by atoms with van der Waals surface area (Å²) in [6.45, 7) is 2.80. The van der Waals surface area contributed by atoms with Crippen LogP contribution in [0.2, 0.25) is 0 Å². The summed E-state index contributed by atoms with van der Waals surface area (Å²) in [7, 11) is 0. The number of nitrogens with zero attached hydrogens (tertiary/aromatic N) is 2. The number of benzene rings is 1. The molecule has 0 saturated heterocycles. The van der Waals surface area contributed by atoms with Crippen molar-refractivity contribution < 1.29 is 28.3 Å². The first kappa shape index (κ1) is 19.8. The van der Waals surface area contributed by atoms with Crippen molar-refractivity contribution in [3.8, 4) is 5.75 Å². The molecule has 3 unspecified atom stereocenters. The van der Waals surface area contributed by atoms with Gasteiger partial charge in [0.05, 0.1) is 11.6 Å². The Morgan fingerprint density at radius 2 is 2.04 bits per heavy atom. The molecule has 0 bridgehead atoms. The zero-order chi connectivity index (χ0) is 20.7. The molecule has 1 aromatic carbocycles. The quantitative estimate of drug-likeness (QED) is 0.501. The molecule has 2 aliphatic heterocycles. The van der Waals surface area contributed by atoms with Crippen molar-refractivity contribution >= 4 is 34.5 Å². The van der Waals surface area contributed by atoms with Crippen molar-refractivity contribution in [3.63, 3.8) is 0 Å². The molecule has 28 heavy (non-hydrogen) atoms. The molecule has 0 aliphatic carbocycles. The third-order valence-electron chi connectivity index (χ3n) is 4.76. The Labute approximate surface area is 163 Å². The molecular weight excluding hydrogens is 386 g/mol. The first-order chi connectivity index (χ1) is 13.1. The summed E-state index contributed by atoms with van der Waals surface area (Å²) in [5, 5.41) is 9.23. The highest BCUT2D eigenvalue weighted by Crippen LogP contribution is 2.43. The Kier molecular flexibility index (Phi) is 5.09. The van der Waals surface area contributed by atoms with Gasteiger partial charge in [-0.15, -0.1) is 0 Å². The van der Waals surface area contributed by atoms with E-state index in [4.69, 9.17) is 5.73 Å². The van der Waals surface area contributed by atoms with Gasteiger partial charge in [0.2, 0.25) is 11.8 Å². The number of carbonyl (C=O) groups is 3. The van der Waals surface area contributed by atoms with E-state index >= 15 is 0 Å². The maximum Gasteiger partial charge on any atom is 0.260 e. The van der Waals surface area contributed by atoms with E-state index in [0.29, 0.717) is 11.1 Å². The Morgan fingerprint density at radius 3 is 2.61 bits per heavy atom. The summed E-state index contributed by atoms with van der Waals surface area (Å²) in [5.41, 5.74) is 6.01. The summed E-state index contributed by atoms with van der Waals surface area (Å²) in [5.74, 6) is -2.09. The predicted octanol–water partition coefficient (Wildman–Crippen LogP) is 0.755. The van der Waals surface area contributed by atoms with Crippen molar-refractivity contribution in [1.82, 2.24) is 4.90 Å². The van der Waals surface area contributed by atoms with E-state index < -0.39 is 40.2 Å². The Hall–Kier alpha value is -2.98. The van der Waals surface area contributed by atoms with Crippen LogP contribution in [-0.2, 0) is 20.7 Å². The maximum absolute atomic E-state index is 13.1. The lowest BCUT2D eigenvalue weighted by Crippen LogP contribution is -2.52. The fraction of sp³-hybridized carbons (Fsp3) is 0.278. The van der Waals surface area contributed by atoms with Gasteiger partial charge in [0.15, 0.2) is 16.5 Å². The van der Waals surface area contributed by atoms with Gasteiger partial charge in [-0.1, -0.05) is 12.1 Å². The Morgan fingerprint density at radius 1 is 1.36 bits per heavy atom. The van der Waals surface area contributed by atoms with Crippen LogP contribution < -0.4 is 10.6 Å². The van der Waals surface area contributed by atoms with Gasteiger partial charge in [0, 0.05) is 19.2 Å². The van der Waals surface area contributed by atoms with Crippen molar-refractivity contribution in [2.24, 2.45) is 5.73 Å². The molecular formula is C18H19N3O6S. The average Bonchev–Trinajstić information content (AvgIpc) is 2.99. The Balaban J connectivity index is 2.23. The predicted molar refractivity (Wildman–Crippen MR) is 102 cm³/mol. The summed E-state index contributed by atoms with van der Waals surface area (Å²) in [6, 6.07) is 2.14. The highest BCUT2D eigenvalue weighted by molar-refractivity contribution is 7.80. The summed E-state index contributed by atoms with van der Waals surface area (Å²) in [4.78, 5) is 38.8. The molecule has 0 aromatic heterocycles. The molecule has 9 nitrogen and oxygen atoms in total. The standard InChI is InChI=1S/C18H19N3O6S/c1-9-3-5-12-15(16(9)24)21(10(2)22)18(28(26)27)13-7-11(4-6-14(19)23)8-20(13)17(12)25/h3-6,8,13,18,24H,7H2,1-2H3,(H2,19,23)(H,26,27)/b6-4+. The van der Waals surface area contributed by atoms with Crippen LogP contribution in [0, 0.1) is 6.92 Å². The van der Waals surface area contributed by atoms with Gasteiger partial charge in [-0.3, -0.25) is 19.3 Å². The van der Waals surface area contributed by atoms with Gasteiger partial charge in [-0.2, -0.15) is 0 Å². The molecule has 0 radical (unpaired) electrons. The van der Waals surface area contributed by atoms with E-state index in [1.54, 1.807) is 6.92 Å². The third kappa shape index (κ3) is 3.20. The van der Waals surface area contributed by atoms with Gasteiger partial charge in [0.25, 0.3) is 5.91 Å². The lowest BCUT2D eigenvalue weighted by molar-refractivity contribution is -0.117. The number of carbonyl (C=O) groups excluding carboxylic acids is 3. The lowest BCUT2D eigenvalue weighted by Gasteiger charge is -2.33. The summed E-state index contributed by atoms with van der Waals surface area (Å²) in [6.07, 6.45) is 4.13. The van der Waals surface area contributed by atoms with Gasteiger partial charge < -0.3 is 20.3 Å². The zero-order valence-electron chi connectivity index (χ0n) is 15.2. The van der Waals surface area contributed by atoms with Gasteiger partial charge in [-0.25, -0.2) is 4.21 Å². The first-order valence-electron chi connectivity index (χ1n) is 8.36. The van der Waals surface area contributed by atoms with Crippen LogP contribution in [0.15, 0.2) is 36.1 Å². The molecule has 2 aliphatic rings. The highest BCUT2D eigenvalue weighted by Gasteiger charge is 2.47. The number of phenols is 1. The number of hydrogen-bond acceptors (Lipinski definition) is 5. The molecule has 0 spiro atoms. The smallest absolute Gasteiger partial charge is 0.260 e. The average molecular weight is 405 g/mol. The van der Waals surface area contributed by atoms with Gasteiger partial charge >= 0.3 is 0 Å². The van der Waals surface area contributed by atoms with Crippen molar-refractivity contribution in [1.29, 1.82) is 0 Å². The van der Waals surface area contributed by atoms with Crippen LogP contribution in [0.3, 0.4) is 0 Å². The minimum Gasteiger partial charge on any atom is -0.505 e. The topological polar surface area (TPSA) is 141 Å². The van der Waals surface area contributed by atoms with Crippen LogP contribution in [-0.4, -0.2) is 47.9 Å². The second-order valence-corrected chi connectivity index (χ2v) is 7.64. The molecule has 3 atom stereocenters. The van der Waals surface area contributed by atoms with Crippen LogP contribution >= 0.6 is 0 Å². The third-order valence-corrected chi connectivity index (χ3v) is 5.70. The van der Waals surface area contributed by atoms with Crippen molar-refractivity contribution in [2.75, 3.05) is 4.90 Å². The van der Waals surface area contributed by atoms with Crippen molar-refractivity contribution in [2.45, 2.75) is 31.7 Å². The number of hydrogen-bond donors (Lipinski definition) is 3. The lowest BCUT2D eigenvalue weighted by atomic mass is 10.1. The summed E-state index contributed by atoms with van der Waals surface area (Å²) >= 11 is -2.54. The van der Waals surface area contributed by atoms with Crippen LogP contribution in [0.1, 0.15) is 29.3 Å². The van der Waals surface area contributed by atoms with Crippen molar-refractivity contribution in [3.05, 3.63) is 47.2 Å². The molecule has 3 rings (SSSR count). The van der Waals surface area contributed by atoms with E-state index in [9.17, 15) is 28.3 Å². The Bertz CT molecular complexity index is 970. The molecule has 10 heteroatoms. The number of fused-ring (bicyclic) bond motifs is 2. The number of nitrogens with two attached hydrogens (primary N) is 1. The van der Waals surface area contributed by atoms with Gasteiger partial charge in [-0.05, 0) is 30.5 Å². The monoisotopic (exact) mass is 405 g/mol. The number of phenolic OH excluding ortho intramolecular Hbond substituents is 1. The van der Waals surface area contributed by atoms with E-state index in [1.807, 2.05) is 0 Å². The number of anilines is 1. The molecule has 148 valence electrons. The number of rotatable bonds is 3. The number of aryl methyl sites for hydroxylation is 1. The molecule has 0 fully saturated rings. The fourth-order valence-corrected chi connectivity index (χ4v) is 4.44. The zero-order valence-corrected chi connectivity index (χ0v) is 16.0. The number of aromatic hydroxyl groups is 1. The molecule has 4 N–H and O–H groups in total. The summed E-state index contributed by atoms with van der Waals surface area (Å²) < 4.78 is 22.2. The highest BCUT2D eigenvalue weighted by atomic mass is 32.2. The minimum absolute atomic E-state index is 0.0348. The first-order valence-corrected chi connectivity index (χ1v) is 9.53. The second-order valence-electron chi connectivity index (χ2n) is 6.61. The minimum atomic E-state index is -2.54. The SMILES string of the molecule is CC(=O)N1c2c(ccc(C)c2O)C(=O)N2C=C(/C=C/C(N)=O)CC2C1S(=O)O. The fourth-order valence-electron chi connectivity index (χ4n) is 3.51. The largest absolute Gasteiger partial charge is 0.505 e. The van der Waals surface area contributed by atoms with E-state index in [2.05, 4.69) is 0 Å². The second kappa shape index (κ2) is 7.21. The molecule has 0 saturated carbocycles. The number of primary amides is 1. The van der Waals surface area contributed by atoms with E-state index in [0.717, 1.165) is 11.0 Å². The normalized spacial score (nSPS) is 22.5.